The van der Waals surface area contributed by atoms with Gasteiger partial charge in [0, 0.05) is 31.9 Å². The highest BCUT2D eigenvalue weighted by molar-refractivity contribution is 5.25. The molecule has 0 spiro atoms. The number of aromatic nitrogens is 3. The molecule has 2 heterocycles. The van der Waals surface area contributed by atoms with E-state index in [1.54, 1.807) is 6.20 Å². The highest BCUT2D eigenvalue weighted by Crippen LogP contribution is 2.05. The third-order valence-electron chi connectivity index (χ3n) is 2.98. The van der Waals surface area contributed by atoms with E-state index in [4.69, 9.17) is 5.26 Å². The first-order chi connectivity index (χ1) is 9.81. The van der Waals surface area contributed by atoms with Crippen LogP contribution in [0.15, 0.2) is 30.9 Å². The second kappa shape index (κ2) is 7.41. The van der Waals surface area contributed by atoms with Crippen molar-refractivity contribution in [3.8, 4) is 6.07 Å². The summed E-state index contributed by atoms with van der Waals surface area (Å²) >= 11 is 0. The molecule has 0 bridgehead atoms. The fraction of sp³-hybridized carbons (Fsp3) is 0.400. The summed E-state index contributed by atoms with van der Waals surface area (Å²) in [7, 11) is 0. The molecule has 0 aliphatic rings. The maximum atomic E-state index is 8.83. The third kappa shape index (κ3) is 4.18. The Morgan fingerprint density at radius 3 is 3.05 bits per heavy atom. The molecule has 0 amide bonds. The first-order valence-electron chi connectivity index (χ1n) is 6.88. The van der Waals surface area contributed by atoms with Crippen molar-refractivity contribution in [2.75, 3.05) is 13.1 Å². The van der Waals surface area contributed by atoms with Gasteiger partial charge in [0.25, 0.3) is 0 Å². The highest BCUT2D eigenvalue weighted by Gasteiger charge is 2.01. The van der Waals surface area contributed by atoms with E-state index in [9.17, 15) is 0 Å². The Morgan fingerprint density at radius 2 is 2.25 bits per heavy atom. The fourth-order valence-electron chi connectivity index (χ4n) is 1.98. The van der Waals surface area contributed by atoms with Gasteiger partial charge >= 0.3 is 0 Å². The highest BCUT2D eigenvalue weighted by atomic mass is 15.0. The average Bonchev–Trinajstić information content (AvgIpc) is 2.91. The lowest BCUT2D eigenvalue weighted by Gasteiger charge is -2.02. The summed E-state index contributed by atoms with van der Waals surface area (Å²) in [5, 5.41) is 12.2. The fourth-order valence-corrected chi connectivity index (χ4v) is 1.98. The molecule has 0 saturated heterocycles. The van der Waals surface area contributed by atoms with Crippen molar-refractivity contribution in [3.05, 3.63) is 47.8 Å². The van der Waals surface area contributed by atoms with E-state index in [2.05, 4.69) is 34.5 Å². The third-order valence-corrected chi connectivity index (χ3v) is 2.98. The minimum Gasteiger partial charge on any atom is -0.333 e. The van der Waals surface area contributed by atoms with Crippen molar-refractivity contribution >= 4 is 0 Å². The molecule has 2 rings (SSSR count). The number of pyridine rings is 1. The van der Waals surface area contributed by atoms with Gasteiger partial charge in [0.05, 0.1) is 12.0 Å². The lowest BCUT2D eigenvalue weighted by atomic mass is 10.2. The maximum Gasteiger partial charge on any atom is 0.140 e. The van der Waals surface area contributed by atoms with Crippen molar-refractivity contribution in [2.45, 2.75) is 26.3 Å². The normalized spacial score (nSPS) is 10.4. The zero-order chi connectivity index (χ0) is 14.2. The van der Waals surface area contributed by atoms with Crippen LogP contribution in [-0.4, -0.2) is 27.6 Å². The number of hydrogen-bond donors (Lipinski definition) is 1. The van der Waals surface area contributed by atoms with Crippen molar-refractivity contribution in [2.24, 2.45) is 0 Å². The number of nitrogens with zero attached hydrogens (tertiary/aromatic N) is 4. The Morgan fingerprint density at radius 1 is 1.35 bits per heavy atom. The number of hydrogen-bond acceptors (Lipinski definition) is 4. The molecule has 2 aromatic rings. The molecule has 2 aromatic heterocycles. The van der Waals surface area contributed by atoms with E-state index in [1.807, 2.05) is 23.0 Å². The minimum atomic E-state index is 0.451. The maximum absolute atomic E-state index is 8.83. The van der Waals surface area contributed by atoms with Crippen molar-refractivity contribution in [1.29, 1.82) is 5.26 Å². The summed E-state index contributed by atoms with van der Waals surface area (Å²) < 4.78 is 2.03. The standard InChI is InChI=1S/C15H19N5/c1-2-5-17-6-4-14-11-20(12-19-14)10-13-3-7-18-15(8-13)9-16/h3,7-8,11-12,17H,2,4-6,10H2,1H3. The largest absolute Gasteiger partial charge is 0.333 e. The zero-order valence-corrected chi connectivity index (χ0v) is 11.7. The van der Waals surface area contributed by atoms with Crippen LogP contribution in [0.25, 0.3) is 0 Å². The number of rotatable bonds is 7. The molecule has 0 aromatic carbocycles. The van der Waals surface area contributed by atoms with Crippen LogP contribution in [0.5, 0.6) is 0 Å². The Balaban J connectivity index is 1.90. The van der Waals surface area contributed by atoms with Crippen LogP contribution in [0.4, 0.5) is 0 Å². The number of imidazole rings is 1. The molecule has 0 aliphatic heterocycles. The molecule has 104 valence electrons. The summed E-state index contributed by atoms with van der Waals surface area (Å²) in [6.45, 7) is 4.88. The van der Waals surface area contributed by atoms with Gasteiger partial charge in [-0.1, -0.05) is 6.92 Å². The molecule has 0 atom stereocenters. The molecule has 1 N–H and O–H groups in total. The second-order valence-electron chi connectivity index (χ2n) is 4.70. The monoisotopic (exact) mass is 269 g/mol. The van der Waals surface area contributed by atoms with Crippen molar-refractivity contribution < 1.29 is 0 Å². The molecule has 0 fully saturated rings. The first-order valence-corrected chi connectivity index (χ1v) is 6.88. The quantitative estimate of drug-likeness (QED) is 0.777. The van der Waals surface area contributed by atoms with Gasteiger partial charge in [0.15, 0.2) is 0 Å². The smallest absolute Gasteiger partial charge is 0.140 e. The van der Waals surface area contributed by atoms with Gasteiger partial charge in [0.2, 0.25) is 0 Å². The van der Waals surface area contributed by atoms with E-state index in [-0.39, 0.29) is 0 Å². The van der Waals surface area contributed by atoms with E-state index < -0.39 is 0 Å². The number of nitriles is 1. The van der Waals surface area contributed by atoms with E-state index in [1.165, 1.54) is 0 Å². The van der Waals surface area contributed by atoms with Gasteiger partial charge in [-0.3, -0.25) is 0 Å². The van der Waals surface area contributed by atoms with Crippen LogP contribution < -0.4 is 5.32 Å². The summed E-state index contributed by atoms with van der Waals surface area (Å²) in [4.78, 5) is 8.36. The van der Waals surface area contributed by atoms with Gasteiger partial charge in [-0.15, -0.1) is 0 Å². The van der Waals surface area contributed by atoms with Crippen LogP contribution in [0.2, 0.25) is 0 Å². The molecule has 0 aliphatic carbocycles. The SMILES string of the molecule is CCCNCCc1cn(Cc2ccnc(C#N)c2)cn1. The summed E-state index contributed by atoms with van der Waals surface area (Å²) in [6.07, 6.45) is 7.65. The van der Waals surface area contributed by atoms with E-state index in [0.29, 0.717) is 12.2 Å². The molecular weight excluding hydrogens is 250 g/mol. The van der Waals surface area contributed by atoms with Crippen LogP contribution >= 0.6 is 0 Å². The lowest BCUT2D eigenvalue weighted by Crippen LogP contribution is -2.17. The Kier molecular flexibility index (Phi) is 5.27. The second-order valence-corrected chi connectivity index (χ2v) is 4.70. The molecule has 0 saturated carbocycles. The lowest BCUT2D eigenvalue weighted by molar-refractivity contribution is 0.666. The summed E-state index contributed by atoms with van der Waals surface area (Å²) in [6, 6.07) is 5.78. The molecular formula is C15H19N5. The van der Waals surface area contributed by atoms with Gasteiger partial charge in [0.1, 0.15) is 11.8 Å². The molecule has 5 heteroatoms. The molecule has 0 unspecified atom stereocenters. The van der Waals surface area contributed by atoms with E-state index in [0.717, 1.165) is 37.2 Å². The Hall–Kier alpha value is -2.19. The van der Waals surface area contributed by atoms with Crippen molar-refractivity contribution in [3.63, 3.8) is 0 Å². The Bertz CT molecular complexity index is 582. The van der Waals surface area contributed by atoms with Crippen LogP contribution in [-0.2, 0) is 13.0 Å². The van der Waals surface area contributed by atoms with Gasteiger partial charge in [-0.25, -0.2) is 9.97 Å². The predicted octanol–water partition coefficient (Wildman–Crippen LogP) is 1.74. The van der Waals surface area contributed by atoms with Gasteiger partial charge < -0.3 is 9.88 Å². The Labute approximate surface area is 119 Å². The number of nitrogens with one attached hydrogen (secondary N) is 1. The van der Waals surface area contributed by atoms with Gasteiger partial charge in [-0.2, -0.15) is 5.26 Å². The van der Waals surface area contributed by atoms with Crippen LogP contribution in [0, 0.1) is 11.3 Å². The van der Waals surface area contributed by atoms with Crippen LogP contribution in [0.3, 0.4) is 0 Å². The zero-order valence-electron chi connectivity index (χ0n) is 11.7. The minimum absolute atomic E-state index is 0.451. The van der Waals surface area contributed by atoms with Crippen LogP contribution in [0.1, 0.15) is 30.3 Å². The van der Waals surface area contributed by atoms with Crippen molar-refractivity contribution in [1.82, 2.24) is 19.9 Å². The molecule has 0 radical (unpaired) electrons. The summed E-state index contributed by atoms with van der Waals surface area (Å²) in [5.41, 5.74) is 2.60. The molecule has 20 heavy (non-hydrogen) atoms. The average molecular weight is 269 g/mol. The van der Waals surface area contributed by atoms with Gasteiger partial charge in [-0.05, 0) is 30.7 Å². The molecule has 5 nitrogen and oxygen atoms in total. The predicted molar refractivity (Wildman–Crippen MR) is 77.1 cm³/mol. The van der Waals surface area contributed by atoms with E-state index >= 15 is 0 Å². The topological polar surface area (TPSA) is 66.5 Å². The first kappa shape index (κ1) is 14.2. The summed E-state index contributed by atoms with van der Waals surface area (Å²) in [5.74, 6) is 0.